The van der Waals surface area contributed by atoms with E-state index in [-0.39, 0.29) is 0 Å². The average molecular weight is 236 g/mol. The molecule has 1 rings (SSSR count). The zero-order valence-electron chi connectivity index (χ0n) is 11.6. The van der Waals surface area contributed by atoms with Crippen LogP contribution in [-0.2, 0) is 0 Å². The molecule has 0 aromatic heterocycles. The molecule has 0 saturated carbocycles. The Labute approximate surface area is 105 Å². The molecule has 17 heavy (non-hydrogen) atoms. The minimum absolute atomic E-state index is 0.330. The zero-order chi connectivity index (χ0) is 12.8. The molecule has 96 valence electrons. The zero-order valence-corrected chi connectivity index (χ0v) is 11.6. The van der Waals surface area contributed by atoms with Crippen molar-refractivity contribution in [1.29, 1.82) is 0 Å². The smallest absolute Gasteiger partial charge is 0.123 e. The van der Waals surface area contributed by atoms with Gasteiger partial charge in [-0.05, 0) is 58.1 Å². The molecule has 0 aliphatic rings. The number of hydrogen-bond donors (Lipinski definition) is 2. The maximum atomic E-state index is 5.48. The molecule has 0 aliphatic carbocycles. The third-order valence-corrected chi connectivity index (χ3v) is 3.25. The molecule has 0 spiro atoms. The number of hydrogen-bond acceptors (Lipinski definition) is 3. The van der Waals surface area contributed by atoms with Crippen LogP contribution < -0.4 is 15.4 Å². The van der Waals surface area contributed by atoms with Crippen molar-refractivity contribution in [2.24, 2.45) is 0 Å². The van der Waals surface area contributed by atoms with Gasteiger partial charge in [0.2, 0.25) is 0 Å². The SMILES string of the molecule is CNCCC(NC)c1cc(C)c(C)cc1OC. The van der Waals surface area contributed by atoms with Crippen LogP contribution in [0.1, 0.15) is 29.2 Å². The lowest BCUT2D eigenvalue weighted by molar-refractivity contribution is 0.397. The highest BCUT2D eigenvalue weighted by molar-refractivity contribution is 5.43. The van der Waals surface area contributed by atoms with Crippen molar-refractivity contribution in [3.8, 4) is 5.75 Å². The molecule has 0 amide bonds. The van der Waals surface area contributed by atoms with Crippen LogP contribution in [0.25, 0.3) is 0 Å². The molecule has 2 N–H and O–H groups in total. The van der Waals surface area contributed by atoms with E-state index in [1.54, 1.807) is 7.11 Å². The third-order valence-electron chi connectivity index (χ3n) is 3.25. The van der Waals surface area contributed by atoms with Crippen LogP contribution in [0.15, 0.2) is 12.1 Å². The Morgan fingerprint density at radius 1 is 1.18 bits per heavy atom. The summed E-state index contributed by atoms with van der Waals surface area (Å²) in [4.78, 5) is 0. The highest BCUT2D eigenvalue weighted by Gasteiger charge is 2.15. The summed E-state index contributed by atoms with van der Waals surface area (Å²) in [5, 5.41) is 6.54. The molecule has 1 aromatic carbocycles. The minimum atomic E-state index is 0.330. The van der Waals surface area contributed by atoms with Crippen molar-refractivity contribution in [2.75, 3.05) is 27.7 Å². The highest BCUT2D eigenvalue weighted by atomic mass is 16.5. The van der Waals surface area contributed by atoms with Gasteiger partial charge >= 0.3 is 0 Å². The van der Waals surface area contributed by atoms with Crippen LogP contribution in [0.2, 0.25) is 0 Å². The van der Waals surface area contributed by atoms with Crippen molar-refractivity contribution in [1.82, 2.24) is 10.6 Å². The van der Waals surface area contributed by atoms with Crippen LogP contribution in [0.3, 0.4) is 0 Å². The second-order valence-corrected chi connectivity index (χ2v) is 4.41. The van der Waals surface area contributed by atoms with E-state index in [0.717, 1.165) is 18.7 Å². The molecule has 0 heterocycles. The fraction of sp³-hybridized carbons (Fsp3) is 0.571. The van der Waals surface area contributed by atoms with E-state index in [2.05, 4.69) is 36.6 Å². The number of aryl methyl sites for hydroxylation is 2. The number of nitrogens with one attached hydrogen (secondary N) is 2. The quantitative estimate of drug-likeness (QED) is 0.794. The average Bonchev–Trinajstić information content (AvgIpc) is 2.34. The number of benzene rings is 1. The van der Waals surface area contributed by atoms with Crippen LogP contribution in [0.5, 0.6) is 5.75 Å². The summed E-state index contributed by atoms with van der Waals surface area (Å²) >= 11 is 0. The summed E-state index contributed by atoms with van der Waals surface area (Å²) in [7, 11) is 5.71. The van der Waals surface area contributed by atoms with E-state index in [0.29, 0.717) is 6.04 Å². The molecule has 0 aliphatic heterocycles. The molecule has 0 saturated heterocycles. The van der Waals surface area contributed by atoms with Crippen LogP contribution in [0, 0.1) is 13.8 Å². The molecule has 0 radical (unpaired) electrons. The first-order chi connectivity index (χ1) is 8.13. The van der Waals surface area contributed by atoms with Crippen LogP contribution >= 0.6 is 0 Å². The summed E-state index contributed by atoms with van der Waals surface area (Å²) in [5.41, 5.74) is 3.83. The molecule has 0 bridgehead atoms. The molecular formula is C14H24N2O. The van der Waals surface area contributed by atoms with E-state index >= 15 is 0 Å². The largest absolute Gasteiger partial charge is 0.496 e. The summed E-state index contributed by atoms with van der Waals surface area (Å²) in [6, 6.07) is 4.68. The van der Waals surface area contributed by atoms with E-state index in [1.165, 1.54) is 16.7 Å². The van der Waals surface area contributed by atoms with Gasteiger partial charge in [0.05, 0.1) is 7.11 Å². The number of methoxy groups -OCH3 is 1. The number of ether oxygens (including phenoxy) is 1. The second-order valence-electron chi connectivity index (χ2n) is 4.41. The van der Waals surface area contributed by atoms with Crippen molar-refractivity contribution in [3.63, 3.8) is 0 Å². The van der Waals surface area contributed by atoms with E-state index in [9.17, 15) is 0 Å². The lowest BCUT2D eigenvalue weighted by Crippen LogP contribution is -2.22. The topological polar surface area (TPSA) is 33.3 Å². The first-order valence-corrected chi connectivity index (χ1v) is 6.11. The molecule has 1 aromatic rings. The van der Waals surface area contributed by atoms with Gasteiger partial charge in [0.25, 0.3) is 0 Å². The van der Waals surface area contributed by atoms with Crippen molar-refractivity contribution >= 4 is 0 Å². The summed E-state index contributed by atoms with van der Waals surface area (Å²) in [5.74, 6) is 0.976. The lowest BCUT2D eigenvalue weighted by Gasteiger charge is -2.20. The van der Waals surface area contributed by atoms with Gasteiger partial charge < -0.3 is 15.4 Å². The van der Waals surface area contributed by atoms with Gasteiger partial charge in [-0.25, -0.2) is 0 Å². The van der Waals surface area contributed by atoms with Crippen LogP contribution in [-0.4, -0.2) is 27.7 Å². The Kier molecular flexibility index (Phi) is 5.45. The van der Waals surface area contributed by atoms with Gasteiger partial charge in [0.15, 0.2) is 0 Å². The molecule has 3 heteroatoms. The van der Waals surface area contributed by atoms with Crippen molar-refractivity contribution in [3.05, 3.63) is 28.8 Å². The lowest BCUT2D eigenvalue weighted by atomic mass is 9.97. The molecule has 1 atom stereocenters. The van der Waals surface area contributed by atoms with E-state index < -0.39 is 0 Å². The molecule has 1 unspecified atom stereocenters. The Hall–Kier alpha value is -1.06. The molecular weight excluding hydrogens is 212 g/mol. The predicted octanol–water partition coefficient (Wildman–Crippen LogP) is 2.18. The van der Waals surface area contributed by atoms with Gasteiger partial charge in [0.1, 0.15) is 5.75 Å². The van der Waals surface area contributed by atoms with Gasteiger partial charge in [-0.2, -0.15) is 0 Å². The fourth-order valence-corrected chi connectivity index (χ4v) is 2.01. The fourth-order valence-electron chi connectivity index (χ4n) is 2.01. The van der Waals surface area contributed by atoms with Gasteiger partial charge in [-0.3, -0.25) is 0 Å². The summed E-state index contributed by atoms with van der Waals surface area (Å²) in [6.45, 7) is 5.24. The Bertz CT molecular complexity index is 363. The van der Waals surface area contributed by atoms with Gasteiger partial charge in [-0.1, -0.05) is 6.07 Å². The maximum Gasteiger partial charge on any atom is 0.123 e. The first-order valence-electron chi connectivity index (χ1n) is 6.11. The minimum Gasteiger partial charge on any atom is -0.496 e. The second kappa shape index (κ2) is 6.62. The Morgan fingerprint density at radius 2 is 1.82 bits per heavy atom. The van der Waals surface area contributed by atoms with Crippen molar-refractivity contribution in [2.45, 2.75) is 26.3 Å². The summed E-state index contributed by atoms with van der Waals surface area (Å²) in [6.07, 6.45) is 1.05. The third kappa shape index (κ3) is 3.45. The molecule has 3 nitrogen and oxygen atoms in total. The Balaban J connectivity index is 3.04. The maximum absolute atomic E-state index is 5.48. The monoisotopic (exact) mass is 236 g/mol. The van der Waals surface area contributed by atoms with E-state index in [4.69, 9.17) is 4.74 Å². The first kappa shape index (κ1) is 14.0. The normalized spacial score (nSPS) is 12.5. The summed E-state index contributed by atoms with van der Waals surface area (Å²) < 4.78 is 5.48. The van der Waals surface area contributed by atoms with Crippen molar-refractivity contribution < 1.29 is 4.74 Å². The van der Waals surface area contributed by atoms with E-state index in [1.807, 2.05) is 14.1 Å². The predicted molar refractivity (Wildman–Crippen MR) is 72.8 cm³/mol. The molecule has 0 fully saturated rings. The van der Waals surface area contributed by atoms with Crippen LogP contribution in [0.4, 0.5) is 0 Å². The highest BCUT2D eigenvalue weighted by Crippen LogP contribution is 2.29. The standard InChI is InChI=1S/C14H24N2O/c1-10-8-12(13(16-4)6-7-15-3)14(17-5)9-11(10)2/h8-9,13,15-16H,6-7H2,1-5H3. The van der Waals surface area contributed by atoms with Gasteiger partial charge in [0, 0.05) is 11.6 Å². The number of rotatable bonds is 6. The Morgan fingerprint density at radius 3 is 2.35 bits per heavy atom. The van der Waals surface area contributed by atoms with Gasteiger partial charge in [-0.15, -0.1) is 0 Å².